The summed E-state index contributed by atoms with van der Waals surface area (Å²) in [7, 11) is 0. The third kappa shape index (κ3) is 4.13. The second-order valence-corrected chi connectivity index (χ2v) is 8.96. The molecule has 10 nitrogen and oxygen atoms in total. The molecule has 1 fully saturated rings. The van der Waals surface area contributed by atoms with Crippen LogP contribution in [0.1, 0.15) is 47.9 Å². The van der Waals surface area contributed by atoms with E-state index in [9.17, 15) is 19.2 Å². The molecule has 4 rings (SSSR count). The van der Waals surface area contributed by atoms with Crippen LogP contribution < -0.4 is 26.8 Å². The summed E-state index contributed by atoms with van der Waals surface area (Å²) in [6, 6.07) is 4.89. The van der Waals surface area contributed by atoms with Crippen molar-refractivity contribution in [3.8, 4) is 5.69 Å². The van der Waals surface area contributed by atoms with Crippen LogP contribution in [0, 0.1) is 5.82 Å². The summed E-state index contributed by atoms with van der Waals surface area (Å²) in [5.41, 5.74) is 4.79. The summed E-state index contributed by atoms with van der Waals surface area (Å²) in [6.45, 7) is 5.93. The lowest BCUT2D eigenvalue weighted by molar-refractivity contribution is 0.0508. The van der Waals surface area contributed by atoms with Crippen LogP contribution in [0.15, 0.2) is 29.1 Å². The number of pyridine rings is 1. The topological polar surface area (TPSA) is 136 Å². The van der Waals surface area contributed by atoms with Crippen molar-refractivity contribution in [3.63, 3.8) is 0 Å². The highest BCUT2D eigenvalue weighted by atomic mass is 19.1. The zero-order valence-corrected chi connectivity index (χ0v) is 18.4. The molecule has 1 aromatic heterocycles. The number of amides is 3. The summed E-state index contributed by atoms with van der Waals surface area (Å²) >= 11 is 0. The number of rotatable bonds is 3. The summed E-state index contributed by atoms with van der Waals surface area (Å²) in [5.74, 6) is -2.28. The number of anilines is 2. The first kappa shape index (κ1) is 22.3. The molecule has 3 amide bonds. The third-order valence-electron chi connectivity index (χ3n) is 5.39. The maximum absolute atomic E-state index is 15.0. The van der Waals surface area contributed by atoms with Crippen molar-refractivity contribution in [2.45, 2.75) is 38.8 Å². The van der Waals surface area contributed by atoms with Gasteiger partial charge in [-0.25, -0.2) is 9.18 Å². The van der Waals surface area contributed by atoms with Gasteiger partial charge in [0.2, 0.25) is 0 Å². The number of benzene rings is 1. The zero-order chi connectivity index (χ0) is 24.1. The van der Waals surface area contributed by atoms with E-state index in [0.29, 0.717) is 13.0 Å². The number of carbonyl (C=O) groups is 3. The van der Waals surface area contributed by atoms with Gasteiger partial charge in [0.15, 0.2) is 0 Å². The normalized spacial score (nSPS) is 17.7. The number of nitrogens with two attached hydrogens (primary N) is 1. The first-order valence-corrected chi connectivity index (χ1v) is 10.4. The number of aromatic nitrogens is 1. The van der Waals surface area contributed by atoms with Gasteiger partial charge in [0.25, 0.3) is 17.4 Å². The Bertz CT molecular complexity index is 1230. The van der Waals surface area contributed by atoms with E-state index < -0.39 is 34.9 Å². The van der Waals surface area contributed by atoms with Crippen molar-refractivity contribution in [1.82, 2.24) is 15.2 Å². The van der Waals surface area contributed by atoms with E-state index in [1.54, 1.807) is 25.7 Å². The number of nitrogens with zero attached hydrogens (tertiary/aromatic N) is 2. The van der Waals surface area contributed by atoms with Crippen LogP contribution in [0.25, 0.3) is 5.69 Å². The van der Waals surface area contributed by atoms with Gasteiger partial charge in [-0.1, -0.05) is 6.07 Å². The predicted octanol–water partition coefficient (Wildman–Crippen LogP) is 1.55. The molecule has 1 unspecified atom stereocenters. The van der Waals surface area contributed by atoms with Crippen molar-refractivity contribution < 1.29 is 23.5 Å². The molecule has 3 heterocycles. The summed E-state index contributed by atoms with van der Waals surface area (Å²) in [4.78, 5) is 50.8. The van der Waals surface area contributed by atoms with Crippen molar-refractivity contribution in [3.05, 3.63) is 51.6 Å². The molecular weight excluding hydrogens is 433 g/mol. The van der Waals surface area contributed by atoms with Gasteiger partial charge in [0.05, 0.1) is 28.5 Å². The fourth-order valence-electron chi connectivity index (χ4n) is 4.08. The molecule has 0 saturated carbocycles. The molecule has 11 heteroatoms. The minimum atomic E-state index is -0.720. The molecule has 0 spiro atoms. The zero-order valence-electron chi connectivity index (χ0n) is 18.4. The van der Waals surface area contributed by atoms with Crippen molar-refractivity contribution in [2.75, 3.05) is 23.7 Å². The molecule has 0 aliphatic carbocycles. The highest BCUT2D eigenvalue weighted by Crippen LogP contribution is 2.33. The number of hydrogen-bond acceptors (Lipinski definition) is 7. The number of imide groups is 1. The molecule has 0 bridgehead atoms. The lowest BCUT2D eigenvalue weighted by Crippen LogP contribution is -2.40. The molecule has 0 radical (unpaired) electrons. The number of halogens is 1. The first-order chi connectivity index (χ1) is 15.5. The second kappa shape index (κ2) is 7.91. The van der Waals surface area contributed by atoms with E-state index in [1.165, 1.54) is 18.2 Å². The van der Waals surface area contributed by atoms with E-state index in [4.69, 9.17) is 10.5 Å². The number of nitrogen functional groups attached to an aromatic ring is 1. The number of carbonyl (C=O) groups excluding carboxylic acids is 3. The second-order valence-electron chi connectivity index (χ2n) is 8.96. The number of nitrogens with one attached hydrogen (secondary N) is 2. The molecule has 2 aliphatic heterocycles. The Morgan fingerprint density at radius 3 is 2.67 bits per heavy atom. The fourth-order valence-corrected chi connectivity index (χ4v) is 4.08. The van der Waals surface area contributed by atoms with E-state index >= 15 is 4.39 Å². The highest BCUT2D eigenvalue weighted by molar-refractivity contribution is 6.23. The highest BCUT2D eigenvalue weighted by Gasteiger charge is 2.34. The van der Waals surface area contributed by atoms with E-state index in [1.807, 2.05) is 0 Å². The van der Waals surface area contributed by atoms with Crippen LogP contribution in [0.5, 0.6) is 0 Å². The number of ether oxygens (including phenoxy) is 1. The SMILES string of the molecule is CC(C)(C)OC(=O)NC1CCN(c2c(F)cccc2-n2c(N)c3c(cc2=O)C(=O)NC3=O)C1. The quantitative estimate of drug-likeness (QED) is 0.595. The van der Waals surface area contributed by atoms with Gasteiger partial charge in [-0.15, -0.1) is 0 Å². The fraction of sp³-hybridized carbons (Fsp3) is 0.364. The number of hydrogen-bond donors (Lipinski definition) is 3. The first-order valence-electron chi connectivity index (χ1n) is 10.4. The minimum Gasteiger partial charge on any atom is -0.444 e. The maximum Gasteiger partial charge on any atom is 0.407 e. The molecular formula is C22H24FN5O5. The molecule has 2 aliphatic rings. The molecule has 1 aromatic carbocycles. The van der Waals surface area contributed by atoms with Crippen LogP contribution in [-0.4, -0.2) is 47.2 Å². The number of fused-ring (bicyclic) bond motifs is 1. The van der Waals surface area contributed by atoms with Gasteiger partial charge in [0.1, 0.15) is 17.2 Å². The number of para-hydroxylation sites is 1. The van der Waals surface area contributed by atoms with E-state index in [2.05, 4.69) is 10.6 Å². The average Bonchev–Trinajstić information content (AvgIpc) is 3.24. The largest absolute Gasteiger partial charge is 0.444 e. The Morgan fingerprint density at radius 1 is 1.24 bits per heavy atom. The predicted molar refractivity (Wildman–Crippen MR) is 118 cm³/mol. The Morgan fingerprint density at radius 2 is 1.97 bits per heavy atom. The van der Waals surface area contributed by atoms with Crippen molar-refractivity contribution >= 4 is 29.4 Å². The average molecular weight is 457 g/mol. The lowest BCUT2D eigenvalue weighted by atomic mass is 10.1. The van der Waals surface area contributed by atoms with Gasteiger partial charge >= 0.3 is 6.09 Å². The van der Waals surface area contributed by atoms with Crippen LogP contribution >= 0.6 is 0 Å². The van der Waals surface area contributed by atoms with E-state index in [-0.39, 0.29) is 40.9 Å². The van der Waals surface area contributed by atoms with Crippen LogP contribution in [0.3, 0.4) is 0 Å². The standard InChI is InChI=1S/C22H24FN5O5/c1-22(2,3)33-21(32)25-11-7-8-27(10-11)17-13(23)5-4-6-14(17)28-15(29)9-12-16(18(28)24)20(31)26-19(12)30/h4-6,9,11H,7-8,10,24H2,1-3H3,(H,25,32)(H,26,30,31). The van der Waals surface area contributed by atoms with Crippen LogP contribution in [0.4, 0.5) is 20.7 Å². The smallest absolute Gasteiger partial charge is 0.407 e. The Hall–Kier alpha value is -3.89. The van der Waals surface area contributed by atoms with Gasteiger partial charge < -0.3 is 20.7 Å². The molecule has 33 heavy (non-hydrogen) atoms. The van der Waals surface area contributed by atoms with Gasteiger partial charge in [-0.05, 0) is 39.3 Å². The molecule has 1 saturated heterocycles. The Kier molecular flexibility index (Phi) is 5.35. The Labute approximate surface area is 188 Å². The van der Waals surface area contributed by atoms with E-state index in [0.717, 1.165) is 10.6 Å². The molecule has 4 N–H and O–H groups in total. The molecule has 2 aromatic rings. The monoisotopic (exact) mass is 457 g/mol. The van der Waals surface area contributed by atoms with Crippen LogP contribution in [0.2, 0.25) is 0 Å². The summed E-state index contributed by atoms with van der Waals surface area (Å²) in [5, 5.41) is 4.88. The minimum absolute atomic E-state index is 0.101. The van der Waals surface area contributed by atoms with Gasteiger partial charge in [-0.3, -0.25) is 24.3 Å². The molecule has 174 valence electrons. The third-order valence-corrected chi connectivity index (χ3v) is 5.39. The number of alkyl carbamates (subject to hydrolysis) is 1. The van der Waals surface area contributed by atoms with Gasteiger partial charge in [0, 0.05) is 19.2 Å². The Balaban J connectivity index is 1.69. The van der Waals surface area contributed by atoms with Crippen LogP contribution in [-0.2, 0) is 4.74 Å². The molecule has 1 atom stereocenters. The lowest BCUT2D eigenvalue weighted by Gasteiger charge is -2.25. The van der Waals surface area contributed by atoms with Gasteiger partial charge in [-0.2, -0.15) is 0 Å². The van der Waals surface area contributed by atoms with Crippen molar-refractivity contribution in [2.24, 2.45) is 0 Å². The maximum atomic E-state index is 15.0. The summed E-state index contributed by atoms with van der Waals surface area (Å²) < 4.78 is 21.3. The summed E-state index contributed by atoms with van der Waals surface area (Å²) in [6.07, 6.45) is -0.0451. The van der Waals surface area contributed by atoms with Crippen molar-refractivity contribution in [1.29, 1.82) is 0 Å².